The van der Waals surface area contributed by atoms with Crippen molar-refractivity contribution < 1.29 is 4.74 Å². The second kappa shape index (κ2) is 5.21. The number of aromatic nitrogens is 2. The highest BCUT2D eigenvalue weighted by Crippen LogP contribution is 2.22. The van der Waals surface area contributed by atoms with E-state index >= 15 is 0 Å². The summed E-state index contributed by atoms with van der Waals surface area (Å²) >= 11 is 1.47. The Morgan fingerprint density at radius 1 is 1.26 bits per heavy atom. The molecule has 5 nitrogen and oxygen atoms in total. The molecule has 0 atom stereocenters. The second-order valence-corrected chi connectivity index (χ2v) is 5.04. The third kappa shape index (κ3) is 2.64. The smallest absolute Gasteiger partial charge is 0.197 e. The van der Waals surface area contributed by atoms with Gasteiger partial charge in [0.2, 0.25) is 0 Å². The fourth-order valence-corrected chi connectivity index (χ4v) is 2.37. The topological polar surface area (TPSA) is 73.1 Å². The highest BCUT2D eigenvalue weighted by Gasteiger charge is 2.02. The number of ether oxygens (including phenoxy) is 1. The molecule has 0 aliphatic carbocycles. The Balaban J connectivity index is 1.74. The quantitative estimate of drug-likeness (QED) is 0.564. The van der Waals surface area contributed by atoms with Gasteiger partial charge in [0.25, 0.3) is 0 Å². The summed E-state index contributed by atoms with van der Waals surface area (Å²) in [5.74, 6) is 6.07. The zero-order valence-electron chi connectivity index (χ0n) is 10.0. The third-order valence-electron chi connectivity index (χ3n) is 2.64. The lowest BCUT2D eigenvalue weighted by Gasteiger charge is -2.05. The number of benzene rings is 1. The average Bonchev–Trinajstić information content (AvgIpc) is 2.93. The highest BCUT2D eigenvalue weighted by atomic mass is 32.1. The molecule has 6 heteroatoms. The molecule has 0 bridgehead atoms. The molecule has 3 N–H and O–H groups in total. The summed E-state index contributed by atoms with van der Waals surface area (Å²) in [5.41, 5.74) is 3.44. The van der Waals surface area contributed by atoms with Crippen LogP contribution in [0, 0.1) is 0 Å². The molecule has 2 aromatic heterocycles. The minimum Gasteiger partial charge on any atom is -0.488 e. The minimum atomic E-state index is 0.470. The molecule has 0 unspecified atom stereocenters. The van der Waals surface area contributed by atoms with Gasteiger partial charge >= 0.3 is 0 Å². The van der Waals surface area contributed by atoms with Gasteiger partial charge < -0.3 is 4.74 Å². The number of hydrazine groups is 1. The van der Waals surface area contributed by atoms with Crippen LogP contribution in [0.1, 0.15) is 4.88 Å². The Morgan fingerprint density at radius 2 is 2.21 bits per heavy atom. The number of nitrogen functional groups attached to an aromatic ring is 1. The maximum Gasteiger partial charge on any atom is 0.197 e. The molecular formula is C13H12N4OS. The summed E-state index contributed by atoms with van der Waals surface area (Å²) in [7, 11) is 0. The first-order chi connectivity index (χ1) is 9.35. The molecule has 0 saturated heterocycles. The molecule has 3 rings (SSSR count). The fraction of sp³-hybridized carbons (Fsp3) is 0.0769. The number of hydrogen-bond acceptors (Lipinski definition) is 6. The predicted octanol–water partition coefficient (Wildman–Crippen LogP) is 2.56. The van der Waals surface area contributed by atoms with E-state index < -0.39 is 0 Å². The van der Waals surface area contributed by atoms with Crippen LogP contribution in [-0.2, 0) is 6.61 Å². The third-order valence-corrected chi connectivity index (χ3v) is 3.54. The van der Waals surface area contributed by atoms with Gasteiger partial charge in [-0.3, -0.25) is 10.4 Å². The SMILES string of the molecule is NNc1ncc(COc2ccc3cccnc3c2)s1. The summed E-state index contributed by atoms with van der Waals surface area (Å²) < 4.78 is 5.72. The Labute approximate surface area is 114 Å². The van der Waals surface area contributed by atoms with Crippen molar-refractivity contribution in [1.29, 1.82) is 0 Å². The van der Waals surface area contributed by atoms with Crippen LogP contribution in [-0.4, -0.2) is 9.97 Å². The minimum absolute atomic E-state index is 0.470. The predicted molar refractivity (Wildman–Crippen MR) is 76.0 cm³/mol. The van der Waals surface area contributed by atoms with E-state index in [4.69, 9.17) is 10.6 Å². The number of anilines is 1. The van der Waals surface area contributed by atoms with Gasteiger partial charge in [0, 0.05) is 23.8 Å². The molecule has 0 radical (unpaired) electrons. The lowest BCUT2D eigenvalue weighted by atomic mass is 10.2. The zero-order chi connectivity index (χ0) is 13.1. The number of nitrogens with zero attached hydrogens (tertiary/aromatic N) is 2. The summed E-state index contributed by atoms with van der Waals surface area (Å²) in [6.07, 6.45) is 3.52. The molecule has 0 aliphatic heterocycles. The molecule has 0 spiro atoms. The lowest BCUT2D eigenvalue weighted by molar-refractivity contribution is 0.310. The number of nitrogens with one attached hydrogen (secondary N) is 1. The lowest BCUT2D eigenvalue weighted by Crippen LogP contribution is -2.05. The molecule has 2 heterocycles. The molecule has 0 saturated carbocycles. The summed E-state index contributed by atoms with van der Waals surface area (Å²) in [6.45, 7) is 0.470. The van der Waals surface area contributed by atoms with Gasteiger partial charge in [-0.2, -0.15) is 0 Å². The standard InChI is InChI=1S/C13H12N4OS/c14-17-13-16-7-11(19-13)8-18-10-4-3-9-2-1-5-15-12(9)6-10/h1-7H,8,14H2,(H,16,17). The van der Waals surface area contributed by atoms with Crippen LogP contribution >= 0.6 is 11.3 Å². The Hall–Kier alpha value is -2.18. The van der Waals surface area contributed by atoms with Gasteiger partial charge in [-0.05, 0) is 18.2 Å². The number of rotatable bonds is 4. The van der Waals surface area contributed by atoms with Crippen molar-refractivity contribution in [2.24, 2.45) is 5.84 Å². The number of nitrogens with two attached hydrogens (primary N) is 1. The normalized spacial score (nSPS) is 10.6. The van der Waals surface area contributed by atoms with Crippen molar-refractivity contribution in [2.75, 3.05) is 5.43 Å². The van der Waals surface area contributed by atoms with Crippen molar-refractivity contribution in [3.63, 3.8) is 0 Å². The Bertz CT molecular complexity index is 698. The molecule has 19 heavy (non-hydrogen) atoms. The molecular weight excluding hydrogens is 260 g/mol. The van der Waals surface area contributed by atoms with Crippen LogP contribution in [0.4, 0.5) is 5.13 Å². The van der Waals surface area contributed by atoms with Gasteiger partial charge in [-0.15, -0.1) is 0 Å². The molecule has 3 aromatic rings. The first-order valence-corrected chi connectivity index (χ1v) is 6.56. The van der Waals surface area contributed by atoms with Crippen LogP contribution in [0.3, 0.4) is 0 Å². The van der Waals surface area contributed by atoms with Crippen LogP contribution in [0.25, 0.3) is 10.9 Å². The first-order valence-electron chi connectivity index (χ1n) is 5.74. The summed E-state index contributed by atoms with van der Waals surface area (Å²) in [5, 5.41) is 1.78. The number of hydrogen-bond donors (Lipinski definition) is 2. The van der Waals surface area contributed by atoms with E-state index in [0.717, 1.165) is 21.5 Å². The molecule has 0 amide bonds. The van der Waals surface area contributed by atoms with E-state index in [-0.39, 0.29) is 0 Å². The molecule has 0 aliphatic rings. The number of thiazole rings is 1. The van der Waals surface area contributed by atoms with Crippen LogP contribution in [0.15, 0.2) is 42.7 Å². The van der Waals surface area contributed by atoms with E-state index in [1.54, 1.807) is 12.4 Å². The Morgan fingerprint density at radius 3 is 3.05 bits per heavy atom. The molecule has 0 fully saturated rings. The van der Waals surface area contributed by atoms with Gasteiger partial charge in [0.05, 0.1) is 10.4 Å². The van der Waals surface area contributed by atoms with E-state index in [9.17, 15) is 0 Å². The largest absolute Gasteiger partial charge is 0.488 e. The van der Waals surface area contributed by atoms with E-state index in [0.29, 0.717) is 11.7 Å². The van der Waals surface area contributed by atoms with Crippen molar-refractivity contribution in [2.45, 2.75) is 6.61 Å². The van der Waals surface area contributed by atoms with Gasteiger partial charge in [-0.1, -0.05) is 17.4 Å². The van der Waals surface area contributed by atoms with E-state index in [1.165, 1.54) is 11.3 Å². The van der Waals surface area contributed by atoms with Crippen molar-refractivity contribution in [3.05, 3.63) is 47.6 Å². The van der Waals surface area contributed by atoms with Crippen LogP contribution < -0.4 is 16.0 Å². The fourth-order valence-electron chi connectivity index (χ4n) is 1.73. The van der Waals surface area contributed by atoms with E-state index in [1.807, 2.05) is 30.3 Å². The molecule has 96 valence electrons. The second-order valence-electron chi connectivity index (χ2n) is 3.92. The number of fused-ring (bicyclic) bond motifs is 1. The van der Waals surface area contributed by atoms with Gasteiger partial charge in [-0.25, -0.2) is 10.8 Å². The van der Waals surface area contributed by atoms with Crippen molar-refractivity contribution in [3.8, 4) is 5.75 Å². The Kier molecular flexibility index (Phi) is 3.26. The van der Waals surface area contributed by atoms with Gasteiger partial charge in [0.15, 0.2) is 5.13 Å². The number of pyridine rings is 1. The van der Waals surface area contributed by atoms with Crippen LogP contribution in [0.5, 0.6) is 5.75 Å². The van der Waals surface area contributed by atoms with Gasteiger partial charge in [0.1, 0.15) is 12.4 Å². The maximum absolute atomic E-state index is 5.72. The van der Waals surface area contributed by atoms with Crippen molar-refractivity contribution in [1.82, 2.24) is 9.97 Å². The van der Waals surface area contributed by atoms with Crippen molar-refractivity contribution >= 4 is 27.4 Å². The average molecular weight is 272 g/mol. The first kappa shape index (κ1) is 11.9. The summed E-state index contributed by atoms with van der Waals surface area (Å²) in [6, 6.07) is 9.80. The molecule has 1 aromatic carbocycles. The van der Waals surface area contributed by atoms with E-state index in [2.05, 4.69) is 15.4 Å². The maximum atomic E-state index is 5.72. The monoisotopic (exact) mass is 272 g/mol. The summed E-state index contributed by atoms with van der Waals surface area (Å²) in [4.78, 5) is 9.39. The van der Waals surface area contributed by atoms with Crippen LogP contribution in [0.2, 0.25) is 0 Å². The zero-order valence-corrected chi connectivity index (χ0v) is 10.9. The highest BCUT2D eigenvalue weighted by molar-refractivity contribution is 7.15.